The minimum absolute atomic E-state index is 0.0110. The first-order valence-corrected chi connectivity index (χ1v) is 15.0. The highest BCUT2D eigenvalue weighted by atomic mass is 32.2. The predicted molar refractivity (Wildman–Crippen MR) is 149 cm³/mol. The number of nitrogens with zero attached hydrogens (tertiary/aromatic N) is 2. The van der Waals surface area contributed by atoms with Crippen LogP contribution in [0.1, 0.15) is 45.6 Å². The lowest BCUT2D eigenvalue weighted by atomic mass is 9.94. The molecule has 0 spiro atoms. The minimum atomic E-state index is -3.66. The van der Waals surface area contributed by atoms with Crippen LogP contribution >= 0.6 is 0 Å². The summed E-state index contributed by atoms with van der Waals surface area (Å²) in [5, 5.41) is 2.87. The van der Waals surface area contributed by atoms with Crippen LogP contribution in [0.15, 0.2) is 59.5 Å². The Morgan fingerprint density at radius 1 is 0.949 bits per heavy atom. The number of sulfonamides is 1. The highest BCUT2D eigenvalue weighted by molar-refractivity contribution is 7.89. The molecule has 2 aromatic carbocycles. The van der Waals surface area contributed by atoms with Crippen LogP contribution in [-0.2, 0) is 30.8 Å². The maximum atomic E-state index is 13.0. The average Bonchev–Trinajstić information content (AvgIpc) is 3.31. The van der Waals surface area contributed by atoms with Crippen molar-refractivity contribution in [3.05, 3.63) is 60.2 Å². The van der Waals surface area contributed by atoms with Crippen molar-refractivity contribution in [3.8, 4) is 0 Å². The Morgan fingerprint density at radius 2 is 1.59 bits per heavy atom. The molecule has 2 aromatic rings. The van der Waals surface area contributed by atoms with E-state index in [2.05, 4.69) is 10.0 Å². The van der Waals surface area contributed by atoms with Crippen molar-refractivity contribution in [2.45, 2.75) is 56.9 Å². The molecule has 2 N–H and O–H groups in total. The molecule has 9 nitrogen and oxygen atoms in total. The van der Waals surface area contributed by atoms with Gasteiger partial charge in [-0.2, -0.15) is 0 Å². The summed E-state index contributed by atoms with van der Waals surface area (Å²) < 4.78 is 27.8. The van der Waals surface area contributed by atoms with E-state index in [-0.39, 0.29) is 53.0 Å². The third-order valence-corrected chi connectivity index (χ3v) is 8.92. The molecule has 2 aliphatic rings. The van der Waals surface area contributed by atoms with Gasteiger partial charge in [0, 0.05) is 49.7 Å². The second-order valence-electron chi connectivity index (χ2n) is 11.3. The van der Waals surface area contributed by atoms with Gasteiger partial charge in [-0.3, -0.25) is 14.4 Å². The summed E-state index contributed by atoms with van der Waals surface area (Å²) in [7, 11) is -3.66. The monoisotopic (exact) mass is 554 g/mol. The maximum absolute atomic E-state index is 13.0. The van der Waals surface area contributed by atoms with Gasteiger partial charge in [-0.05, 0) is 69.9 Å². The number of rotatable bonds is 8. The van der Waals surface area contributed by atoms with Gasteiger partial charge in [-0.15, -0.1) is 0 Å². The standard InChI is InChI=1S/C29H38N4O5S/c1-29(2,3)33-20-23(19-26(33)34)28(36)32-17-14-22(15-18-32)27(35)31-24-9-11-25(12-10-24)39(37,38)30-16-13-21-7-5-4-6-8-21/h4-12,22-23,30H,13-20H2,1-3H3,(H,31,35). The summed E-state index contributed by atoms with van der Waals surface area (Å²) in [6, 6.07) is 15.8. The van der Waals surface area contributed by atoms with Crippen molar-refractivity contribution < 1.29 is 22.8 Å². The number of hydrogen-bond acceptors (Lipinski definition) is 5. The Kier molecular flexibility index (Phi) is 8.76. The lowest BCUT2D eigenvalue weighted by Crippen LogP contribution is -2.46. The van der Waals surface area contributed by atoms with Crippen LogP contribution in [-0.4, -0.2) is 67.7 Å². The van der Waals surface area contributed by atoms with E-state index in [1.54, 1.807) is 21.9 Å². The molecule has 39 heavy (non-hydrogen) atoms. The lowest BCUT2D eigenvalue weighted by molar-refractivity contribution is -0.138. The molecular formula is C29H38N4O5S. The molecule has 1 unspecified atom stereocenters. The molecule has 210 valence electrons. The first-order valence-electron chi connectivity index (χ1n) is 13.5. The molecule has 2 aliphatic heterocycles. The third-order valence-electron chi connectivity index (χ3n) is 7.44. The first-order chi connectivity index (χ1) is 18.4. The van der Waals surface area contributed by atoms with Gasteiger partial charge in [-0.25, -0.2) is 13.1 Å². The molecule has 2 saturated heterocycles. The van der Waals surface area contributed by atoms with E-state index in [0.29, 0.717) is 44.6 Å². The molecule has 0 radical (unpaired) electrons. The van der Waals surface area contributed by atoms with E-state index >= 15 is 0 Å². The largest absolute Gasteiger partial charge is 0.342 e. The number of benzene rings is 2. The minimum Gasteiger partial charge on any atom is -0.342 e. The molecule has 3 amide bonds. The van der Waals surface area contributed by atoms with Crippen LogP contribution in [0.4, 0.5) is 5.69 Å². The van der Waals surface area contributed by atoms with Gasteiger partial charge in [0.05, 0.1) is 10.8 Å². The number of hydrogen-bond donors (Lipinski definition) is 2. The number of carbonyl (C=O) groups is 3. The van der Waals surface area contributed by atoms with Crippen LogP contribution in [0.25, 0.3) is 0 Å². The Bertz CT molecular complexity index is 1280. The number of amides is 3. The molecule has 2 fully saturated rings. The van der Waals surface area contributed by atoms with Crippen molar-refractivity contribution in [2.24, 2.45) is 11.8 Å². The fourth-order valence-corrected chi connectivity index (χ4v) is 6.19. The van der Waals surface area contributed by atoms with E-state index in [0.717, 1.165) is 5.56 Å². The van der Waals surface area contributed by atoms with Crippen LogP contribution < -0.4 is 10.0 Å². The molecule has 2 heterocycles. The average molecular weight is 555 g/mol. The number of anilines is 1. The zero-order valence-corrected chi connectivity index (χ0v) is 23.7. The quantitative estimate of drug-likeness (QED) is 0.521. The summed E-state index contributed by atoms with van der Waals surface area (Å²) in [6.07, 6.45) is 1.91. The maximum Gasteiger partial charge on any atom is 0.240 e. The zero-order chi connectivity index (χ0) is 28.2. The molecule has 1 atom stereocenters. The van der Waals surface area contributed by atoms with Gasteiger partial charge in [0.1, 0.15) is 0 Å². The lowest BCUT2D eigenvalue weighted by Gasteiger charge is -2.34. The van der Waals surface area contributed by atoms with Crippen molar-refractivity contribution in [2.75, 3.05) is 31.5 Å². The van der Waals surface area contributed by atoms with Crippen molar-refractivity contribution in [3.63, 3.8) is 0 Å². The normalized spacial score (nSPS) is 18.8. The van der Waals surface area contributed by atoms with Gasteiger partial charge >= 0.3 is 0 Å². The van der Waals surface area contributed by atoms with E-state index in [1.807, 2.05) is 51.1 Å². The highest BCUT2D eigenvalue weighted by Gasteiger charge is 2.41. The SMILES string of the molecule is CC(C)(C)N1CC(C(=O)N2CCC(C(=O)Nc3ccc(S(=O)(=O)NCCc4ccccc4)cc3)CC2)CC1=O. The molecule has 0 aliphatic carbocycles. The van der Waals surface area contributed by atoms with Gasteiger partial charge in [0.15, 0.2) is 0 Å². The van der Waals surface area contributed by atoms with E-state index in [4.69, 9.17) is 0 Å². The van der Waals surface area contributed by atoms with E-state index < -0.39 is 10.0 Å². The number of carbonyl (C=O) groups excluding carboxylic acids is 3. The number of piperidine rings is 1. The van der Waals surface area contributed by atoms with Gasteiger partial charge < -0.3 is 15.1 Å². The number of nitrogens with one attached hydrogen (secondary N) is 2. The van der Waals surface area contributed by atoms with E-state index in [9.17, 15) is 22.8 Å². The zero-order valence-electron chi connectivity index (χ0n) is 22.9. The molecule has 0 aromatic heterocycles. The highest BCUT2D eigenvalue weighted by Crippen LogP contribution is 2.29. The van der Waals surface area contributed by atoms with Crippen molar-refractivity contribution >= 4 is 33.4 Å². The van der Waals surface area contributed by atoms with Crippen molar-refractivity contribution in [1.29, 1.82) is 0 Å². The fourth-order valence-electron chi connectivity index (χ4n) is 5.16. The Morgan fingerprint density at radius 3 is 2.18 bits per heavy atom. The summed E-state index contributed by atoms with van der Waals surface area (Å²) in [5.74, 6) is -0.716. The molecule has 0 bridgehead atoms. The van der Waals surface area contributed by atoms with Crippen LogP contribution in [0.5, 0.6) is 0 Å². The second-order valence-corrected chi connectivity index (χ2v) is 13.1. The Balaban J connectivity index is 1.24. The van der Waals surface area contributed by atoms with Gasteiger partial charge in [-0.1, -0.05) is 30.3 Å². The summed E-state index contributed by atoms with van der Waals surface area (Å²) in [6.45, 7) is 7.59. The Hall–Kier alpha value is -3.24. The van der Waals surface area contributed by atoms with Crippen LogP contribution in [0.2, 0.25) is 0 Å². The summed E-state index contributed by atoms with van der Waals surface area (Å²) in [5.41, 5.74) is 1.26. The molecular weight excluding hydrogens is 516 g/mol. The summed E-state index contributed by atoms with van der Waals surface area (Å²) in [4.78, 5) is 41.9. The number of likely N-dealkylation sites (tertiary alicyclic amines) is 2. The van der Waals surface area contributed by atoms with Crippen LogP contribution in [0.3, 0.4) is 0 Å². The van der Waals surface area contributed by atoms with Crippen molar-refractivity contribution in [1.82, 2.24) is 14.5 Å². The summed E-state index contributed by atoms with van der Waals surface area (Å²) >= 11 is 0. The molecule has 4 rings (SSSR count). The topological polar surface area (TPSA) is 116 Å². The third kappa shape index (κ3) is 7.24. The Labute approximate surface area is 231 Å². The van der Waals surface area contributed by atoms with E-state index in [1.165, 1.54) is 12.1 Å². The van der Waals surface area contributed by atoms with Gasteiger partial charge in [0.2, 0.25) is 27.7 Å². The molecule has 0 saturated carbocycles. The predicted octanol–water partition coefficient (Wildman–Crippen LogP) is 3.03. The smallest absolute Gasteiger partial charge is 0.240 e. The second kappa shape index (κ2) is 11.9. The molecule has 10 heteroatoms. The first kappa shape index (κ1) is 28.8. The van der Waals surface area contributed by atoms with Crippen LogP contribution in [0, 0.1) is 11.8 Å². The fraction of sp³-hybridized carbons (Fsp3) is 0.483. The van der Waals surface area contributed by atoms with Gasteiger partial charge in [0.25, 0.3) is 0 Å².